The molecule has 0 radical (unpaired) electrons. The molecular weight excluding hydrogens is 542 g/mol. The number of hydrogen-bond donors (Lipinski definition) is 2. The fourth-order valence-corrected chi connectivity index (χ4v) is 5.61. The molecule has 2 N–H and O–H groups in total. The topological polar surface area (TPSA) is 69.2 Å². The van der Waals surface area contributed by atoms with E-state index in [2.05, 4.69) is 33.7 Å². The first kappa shape index (κ1) is 26.3. The van der Waals surface area contributed by atoms with Crippen molar-refractivity contribution in [1.82, 2.24) is 5.32 Å². The minimum absolute atomic E-state index is 0.230. The van der Waals surface area contributed by atoms with Gasteiger partial charge in [-0.05, 0) is 42.5 Å². The summed E-state index contributed by atoms with van der Waals surface area (Å²) < 4.78 is 5.54. The number of benzene rings is 4. The van der Waals surface area contributed by atoms with Crippen molar-refractivity contribution in [2.75, 3.05) is 48.5 Å². The Labute approximate surface area is 243 Å². The first-order valence-corrected chi connectivity index (χ1v) is 13.9. The van der Waals surface area contributed by atoms with Crippen LogP contribution in [0.1, 0.15) is 11.1 Å². The average molecular weight is 570 g/mol. The highest BCUT2D eigenvalue weighted by Crippen LogP contribution is 2.33. The third-order valence-electron chi connectivity index (χ3n) is 7.21. The Morgan fingerprint density at radius 1 is 0.950 bits per heavy atom. The number of benzodiazepines with no additional fused rings is 1. The Hall–Kier alpha value is -3.98. The number of carbonyl (C=O) groups excluding carboxylic acids is 1. The lowest BCUT2D eigenvalue weighted by Gasteiger charge is -2.30. The lowest BCUT2D eigenvalue weighted by molar-refractivity contribution is -0.119. The van der Waals surface area contributed by atoms with E-state index in [0.29, 0.717) is 29.1 Å². The summed E-state index contributed by atoms with van der Waals surface area (Å²) in [6, 6.07) is 27.6. The molecule has 4 aromatic carbocycles. The van der Waals surface area contributed by atoms with Crippen LogP contribution in [0.2, 0.25) is 5.02 Å². The fourth-order valence-electron chi connectivity index (χ4n) is 5.22. The number of thiocarbonyl (C=S) groups is 1. The molecular formula is C31H28ClN5O2S. The lowest BCUT2D eigenvalue weighted by atomic mass is 10.0. The minimum atomic E-state index is -0.940. The second-order valence-electron chi connectivity index (χ2n) is 9.68. The Bertz CT molecular complexity index is 1620. The van der Waals surface area contributed by atoms with Crippen LogP contribution in [0, 0.1) is 0 Å². The summed E-state index contributed by atoms with van der Waals surface area (Å²) in [5.41, 5.74) is 5.06. The van der Waals surface area contributed by atoms with E-state index in [9.17, 15) is 4.79 Å². The summed E-state index contributed by atoms with van der Waals surface area (Å²) in [5, 5.41) is 9.51. The molecule has 0 aliphatic carbocycles. The van der Waals surface area contributed by atoms with Gasteiger partial charge in [-0.1, -0.05) is 66.2 Å². The van der Waals surface area contributed by atoms with Gasteiger partial charge in [-0.15, -0.1) is 0 Å². The molecule has 4 aromatic rings. The summed E-state index contributed by atoms with van der Waals surface area (Å²) in [6.07, 6.45) is -0.940. The van der Waals surface area contributed by atoms with Gasteiger partial charge in [0, 0.05) is 58.4 Å². The van der Waals surface area contributed by atoms with E-state index >= 15 is 0 Å². The van der Waals surface area contributed by atoms with Crippen molar-refractivity contribution in [2.45, 2.75) is 6.17 Å². The highest BCUT2D eigenvalue weighted by molar-refractivity contribution is 7.80. The standard InChI is InChI=1S/C31H28ClN5O2S/c1-36-26-13-11-21(32)19-24(26)28(20-7-3-2-4-8-20)34-29(30(36)38)35-31(40)33-25-12-14-27(37-15-17-39-18-16-37)23-10-6-5-9-22(23)25/h2-14,19,29H,15-18H2,1H3,(H2,33,35,40). The first-order chi connectivity index (χ1) is 19.5. The highest BCUT2D eigenvalue weighted by Gasteiger charge is 2.31. The predicted molar refractivity (Wildman–Crippen MR) is 167 cm³/mol. The molecule has 0 aromatic heterocycles. The van der Waals surface area contributed by atoms with Gasteiger partial charge >= 0.3 is 0 Å². The second kappa shape index (κ2) is 11.3. The molecule has 2 aliphatic rings. The van der Waals surface area contributed by atoms with E-state index in [1.54, 1.807) is 18.0 Å². The summed E-state index contributed by atoms with van der Waals surface area (Å²) in [7, 11) is 1.74. The smallest absolute Gasteiger partial charge is 0.272 e. The van der Waals surface area contributed by atoms with E-state index in [4.69, 9.17) is 33.5 Å². The van der Waals surface area contributed by atoms with Gasteiger partial charge in [0.25, 0.3) is 5.91 Å². The van der Waals surface area contributed by atoms with Crippen molar-refractivity contribution in [3.05, 3.63) is 101 Å². The van der Waals surface area contributed by atoms with Crippen LogP contribution < -0.4 is 20.4 Å². The van der Waals surface area contributed by atoms with E-state index in [0.717, 1.165) is 52.1 Å². The van der Waals surface area contributed by atoms with Gasteiger partial charge in [0.05, 0.1) is 24.6 Å². The zero-order valence-corrected chi connectivity index (χ0v) is 23.5. The Morgan fingerprint density at radius 3 is 2.42 bits per heavy atom. The number of hydrogen-bond acceptors (Lipinski definition) is 5. The maximum Gasteiger partial charge on any atom is 0.272 e. The van der Waals surface area contributed by atoms with Crippen LogP contribution in [0.5, 0.6) is 0 Å². The molecule has 1 atom stereocenters. The minimum Gasteiger partial charge on any atom is -0.378 e. The van der Waals surface area contributed by atoms with E-state index < -0.39 is 6.17 Å². The fraction of sp³-hybridized carbons (Fsp3) is 0.194. The Kier molecular flexibility index (Phi) is 7.38. The molecule has 1 fully saturated rings. The molecule has 1 unspecified atom stereocenters. The molecule has 2 heterocycles. The van der Waals surface area contributed by atoms with Crippen molar-refractivity contribution >= 4 is 68.4 Å². The maximum absolute atomic E-state index is 13.6. The molecule has 7 nitrogen and oxygen atoms in total. The van der Waals surface area contributed by atoms with E-state index in [1.807, 2.05) is 60.7 Å². The third kappa shape index (κ3) is 5.13. The molecule has 6 rings (SSSR count). The number of fused-ring (bicyclic) bond motifs is 2. The van der Waals surface area contributed by atoms with Crippen LogP contribution in [0.3, 0.4) is 0 Å². The van der Waals surface area contributed by atoms with Crippen LogP contribution in [-0.2, 0) is 9.53 Å². The van der Waals surface area contributed by atoms with Gasteiger partial charge in [0.1, 0.15) is 0 Å². The largest absolute Gasteiger partial charge is 0.378 e. The number of nitrogens with zero attached hydrogens (tertiary/aromatic N) is 3. The van der Waals surface area contributed by atoms with Crippen LogP contribution in [0.25, 0.3) is 10.8 Å². The lowest BCUT2D eigenvalue weighted by Crippen LogP contribution is -2.47. The molecule has 0 spiro atoms. The van der Waals surface area contributed by atoms with Crippen molar-refractivity contribution in [1.29, 1.82) is 0 Å². The first-order valence-electron chi connectivity index (χ1n) is 13.1. The molecule has 1 amide bonds. The second-order valence-corrected chi connectivity index (χ2v) is 10.5. The van der Waals surface area contributed by atoms with Gasteiger partial charge in [-0.2, -0.15) is 0 Å². The molecule has 9 heteroatoms. The van der Waals surface area contributed by atoms with Crippen molar-refractivity contribution < 1.29 is 9.53 Å². The quantitative estimate of drug-likeness (QED) is 0.318. The number of aliphatic imine (C=N–C) groups is 1. The normalized spacial score (nSPS) is 17.2. The zero-order chi connectivity index (χ0) is 27.6. The number of rotatable bonds is 4. The maximum atomic E-state index is 13.6. The van der Waals surface area contributed by atoms with Gasteiger partial charge < -0.3 is 25.2 Å². The monoisotopic (exact) mass is 569 g/mol. The number of amides is 1. The van der Waals surface area contributed by atoms with Crippen LogP contribution in [0.15, 0.2) is 89.9 Å². The van der Waals surface area contributed by atoms with Gasteiger partial charge in [0.2, 0.25) is 6.17 Å². The van der Waals surface area contributed by atoms with Crippen LogP contribution in [0.4, 0.5) is 17.1 Å². The molecule has 202 valence electrons. The van der Waals surface area contributed by atoms with E-state index in [-0.39, 0.29) is 5.91 Å². The number of carbonyl (C=O) groups is 1. The molecule has 1 saturated heterocycles. The third-order valence-corrected chi connectivity index (χ3v) is 7.67. The molecule has 0 bridgehead atoms. The zero-order valence-electron chi connectivity index (χ0n) is 21.9. The van der Waals surface area contributed by atoms with Crippen molar-refractivity contribution in [2.24, 2.45) is 4.99 Å². The summed E-state index contributed by atoms with van der Waals surface area (Å²) in [5.74, 6) is -0.230. The van der Waals surface area contributed by atoms with E-state index in [1.165, 1.54) is 0 Å². The number of morpholine rings is 1. The number of anilines is 3. The van der Waals surface area contributed by atoms with Crippen LogP contribution >= 0.6 is 23.8 Å². The van der Waals surface area contributed by atoms with Crippen molar-refractivity contribution in [3.8, 4) is 0 Å². The van der Waals surface area contributed by atoms with Crippen molar-refractivity contribution in [3.63, 3.8) is 0 Å². The number of likely N-dealkylation sites (N-methyl/N-ethyl adjacent to an activating group) is 1. The Morgan fingerprint density at radius 2 is 1.65 bits per heavy atom. The number of halogens is 1. The van der Waals surface area contributed by atoms with Gasteiger partial charge in [-0.25, -0.2) is 4.99 Å². The highest BCUT2D eigenvalue weighted by atomic mass is 35.5. The molecule has 0 saturated carbocycles. The number of ether oxygens (including phenoxy) is 1. The summed E-state index contributed by atoms with van der Waals surface area (Å²) in [4.78, 5) is 22.4. The average Bonchev–Trinajstić information content (AvgIpc) is 3.08. The number of nitrogens with one attached hydrogen (secondary N) is 2. The molecule has 2 aliphatic heterocycles. The Balaban J connectivity index is 1.31. The SMILES string of the molecule is CN1C(=O)C(NC(=S)Nc2ccc(N3CCOCC3)c3ccccc23)N=C(c2ccccc2)c2cc(Cl)ccc21. The predicted octanol–water partition coefficient (Wildman–Crippen LogP) is 5.46. The molecule has 40 heavy (non-hydrogen) atoms. The van der Waals surface area contributed by atoms with Gasteiger partial charge in [-0.3, -0.25) is 4.79 Å². The van der Waals surface area contributed by atoms with Crippen LogP contribution in [-0.4, -0.2) is 56.2 Å². The summed E-state index contributed by atoms with van der Waals surface area (Å²) in [6.45, 7) is 3.13. The van der Waals surface area contributed by atoms with Gasteiger partial charge in [0.15, 0.2) is 5.11 Å². The summed E-state index contributed by atoms with van der Waals surface area (Å²) >= 11 is 12.1.